The summed E-state index contributed by atoms with van der Waals surface area (Å²) in [4.78, 5) is 11.5. The van der Waals surface area contributed by atoms with Gasteiger partial charge in [-0.15, -0.1) is 0 Å². The molecule has 1 atom stereocenters. The van der Waals surface area contributed by atoms with Crippen molar-refractivity contribution in [2.24, 2.45) is 0 Å². The molecule has 1 heterocycles. The summed E-state index contributed by atoms with van der Waals surface area (Å²) in [7, 11) is -3.86. The highest BCUT2D eigenvalue weighted by molar-refractivity contribution is 7.92. The summed E-state index contributed by atoms with van der Waals surface area (Å²) in [5.74, 6) is -0.475. The van der Waals surface area contributed by atoms with Crippen molar-refractivity contribution in [2.45, 2.75) is 17.9 Å². The molecule has 2 aromatic carbocycles. The van der Waals surface area contributed by atoms with Gasteiger partial charge in [0.05, 0.1) is 10.6 Å². The Kier molecular flexibility index (Phi) is 3.69. The molecular formula is C15H13FN2O4S. The highest BCUT2D eigenvalue weighted by Crippen LogP contribution is 2.32. The number of sulfonamides is 1. The average molecular weight is 336 g/mol. The molecule has 0 fully saturated rings. The molecule has 0 spiro atoms. The molecule has 1 aliphatic heterocycles. The van der Waals surface area contributed by atoms with Crippen molar-refractivity contribution in [1.29, 1.82) is 0 Å². The van der Waals surface area contributed by atoms with E-state index < -0.39 is 21.9 Å². The molecule has 0 radical (unpaired) electrons. The van der Waals surface area contributed by atoms with Gasteiger partial charge in [0.2, 0.25) is 0 Å². The van der Waals surface area contributed by atoms with E-state index in [4.69, 9.17) is 4.74 Å². The number of nitrogens with one attached hydrogen (secondary N) is 2. The molecule has 0 unspecified atom stereocenters. The van der Waals surface area contributed by atoms with Crippen LogP contribution in [-0.4, -0.2) is 20.4 Å². The molecule has 0 bridgehead atoms. The van der Waals surface area contributed by atoms with Gasteiger partial charge in [-0.1, -0.05) is 0 Å². The Labute approximate surface area is 132 Å². The van der Waals surface area contributed by atoms with Crippen LogP contribution in [0.15, 0.2) is 47.4 Å². The van der Waals surface area contributed by atoms with E-state index in [9.17, 15) is 17.6 Å². The number of fused-ring (bicyclic) bond motifs is 1. The zero-order valence-corrected chi connectivity index (χ0v) is 12.9. The third-order valence-electron chi connectivity index (χ3n) is 3.29. The summed E-state index contributed by atoms with van der Waals surface area (Å²) in [6, 6.07) is 9.10. The largest absolute Gasteiger partial charge is 0.479 e. The number of amides is 1. The van der Waals surface area contributed by atoms with E-state index in [2.05, 4.69) is 10.0 Å². The lowest BCUT2D eigenvalue weighted by atomic mass is 10.2. The van der Waals surface area contributed by atoms with E-state index in [0.29, 0.717) is 5.69 Å². The van der Waals surface area contributed by atoms with E-state index in [1.54, 1.807) is 6.92 Å². The summed E-state index contributed by atoms with van der Waals surface area (Å²) in [5, 5.41) is 2.62. The SMILES string of the molecule is C[C@H]1Oc2cc(S(=O)(=O)Nc3ccc(F)cc3)ccc2NC1=O. The Hall–Kier alpha value is -2.61. The van der Waals surface area contributed by atoms with E-state index in [-0.39, 0.29) is 22.2 Å². The average Bonchev–Trinajstić information content (AvgIpc) is 2.50. The fourth-order valence-electron chi connectivity index (χ4n) is 2.08. The Bertz CT molecular complexity index is 866. The normalized spacial score (nSPS) is 17.0. The maximum Gasteiger partial charge on any atom is 0.265 e. The van der Waals surface area contributed by atoms with Crippen LogP contribution < -0.4 is 14.8 Å². The number of benzene rings is 2. The lowest BCUT2D eigenvalue weighted by Gasteiger charge is -2.23. The van der Waals surface area contributed by atoms with Crippen LogP contribution in [0.4, 0.5) is 15.8 Å². The third kappa shape index (κ3) is 3.11. The second-order valence-electron chi connectivity index (χ2n) is 5.02. The Morgan fingerprint density at radius 3 is 2.57 bits per heavy atom. The van der Waals surface area contributed by atoms with E-state index in [1.807, 2.05) is 0 Å². The molecule has 0 aromatic heterocycles. The van der Waals surface area contributed by atoms with Gasteiger partial charge < -0.3 is 10.1 Å². The topological polar surface area (TPSA) is 84.5 Å². The zero-order chi connectivity index (χ0) is 16.6. The summed E-state index contributed by atoms with van der Waals surface area (Å²) < 4.78 is 45.4. The molecule has 3 rings (SSSR count). The minimum atomic E-state index is -3.86. The van der Waals surface area contributed by atoms with Crippen LogP contribution in [0, 0.1) is 5.82 Å². The van der Waals surface area contributed by atoms with Crippen molar-refractivity contribution in [3.63, 3.8) is 0 Å². The van der Waals surface area contributed by atoms with Crippen molar-refractivity contribution < 1.29 is 22.3 Å². The summed E-state index contributed by atoms with van der Waals surface area (Å²) >= 11 is 0. The third-order valence-corrected chi connectivity index (χ3v) is 4.67. The predicted octanol–water partition coefficient (Wildman–Crippen LogP) is 2.35. The first-order valence-corrected chi connectivity index (χ1v) is 8.23. The Morgan fingerprint density at radius 2 is 1.87 bits per heavy atom. The summed E-state index contributed by atoms with van der Waals surface area (Å²) in [6.07, 6.45) is -0.703. The van der Waals surface area contributed by atoms with Crippen molar-refractivity contribution >= 4 is 27.3 Å². The maximum absolute atomic E-state index is 12.9. The van der Waals surface area contributed by atoms with Crippen LogP contribution in [0.25, 0.3) is 0 Å². The monoisotopic (exact) mass is 336 g/mol. The van der Waals surface area contributed by atoms with Crippen LogP contribution >= 0.6 is 0 Å². The van der Waals surface area contributed by atoms with Crippen molar-refractivity contribution in [3.8, 4) is 5.75 Å². The first-order chi connectivity index (χ1) is 10.8. The van der Waals surface area contributed by atoms with E-state index in [0.717, 1.165) is 12.1 Å². The zero-order valence-electron chi connectivity index (χ0n) is 12.0. The molecule has 23 heavy (non-hydrogen) atoms. The molecule has 120 valence electrons. The van der Waals surface area contributed by atoms with Crippen LogP contribution in [0.1, 0.15) is 6.92 Å². The van der Waals surface area contributed by atoms with Crippen LogP contribution in [0.2, 0.25) is 0 Å². The molecule has 2 N–H and O–H groups in total. The molecule has 6 nitrogen and oxygen atoms in total. The van der Waals surface area contributed by atoms with Gasteiger partial charge in [-0.3, -0.25) is 9.52 Å². The molecule has 2 aromatic rings. The van der Waals surface area contributed by atoms with Gasteiger partial charge in [0.25, 0.3) is 15.9 Å². The number of hydrogen-bond donors (Lipinski definition) is 2. The number of ether oxygens (including phenoxy) is 1. The van der Waals surface area contributed by atoms with Gasteiger partial charge in [0.1, 0.15) is 11.6 Å². The molecule has 8 heteroatoms. The van der Waals surface area contributed by atoms with Gasteiger partial charge in [-0.25, -0.2) is 12.8 Å². The van der Waals surface area contributed by atoms with Crippen LogP contribution in [0.5, 0.6) is 5.75 Å². The number of rotatable bonds is 3. The molecule has 0 saturated heterocycles. The first kappa shape index (κ1) is 15.3. The van der Waals surface area contributed by atoms with Gasteiger partial charge in [0, 0.05) is 11.8 Å². The number of hydrogen-bond acceptors (Lipinski definition) is 4. The number of anilines is 2. The summed E-state index contributed by atoms with van der Waals surface area (Å²) in [5.41, 5.74) is 0.653. The van der Waals surface area contributed by atoms with Crippen molar-refractivity contribution in [3.05, 3.63) is 48.3 Å². The van der Waals surface area contributed by atoms with Gasteiger partial charge in [-0.05, 0) is 43.3 Å². The number of carbonyl (C=O) groups is 1. The fraction of sp³-hybridized carbons (Fsp3) is 0.133. The molecule has 0 aliphatic carbocycles. The Morgan fingerprint density at radius 1 is 1.17 bits per heavy atom. The molecule has 0 saturated carbocycles. The second kappa shape index (κ2) is 5.54. The van der Waals surface area contributed by atoms with E-state index >= 15 is 0 Å². The van der Waals surface area contributed by atoms with Crippen LogP contribution in [0.3, 0.4) is 0 Å². The van der Waals surface area contributed by atoms with Crippen molar-refractivity contribution in [2.75, 3.05) is 10.0 Å². The Balaban J connectivity index is 1.90. The number of halogens is 1. The fourth-order valence-corrected chi connectivity index (χ4v) is 3.15. The van der Waals surface area contributed by atoms with Crippen molar-refractivity contribution in [1.82, 2.24) is 0 Å². The highest BCUT2D eigenvalue weighted by atomic mass is 32.2. The molecular weight excluding hydrogens is 323 g/mol. The predicted molar refractivity (Wildman–Crippen MR) is 82.4 cm³/mol. The lowest BCUT2D eigenvalue weighted by molar-refractivity contribution is -0.122. The van der Waals surface area contributed by atoms with Gasteiger partial charge in [0.15, 0.2) is 6.10 Å². The second-order valence-corrected chi connectivity index (χ2v) is 6.70. The highest BCUT2D eigenvalue weighted by Gasteiger charge is 2.25. The van der Waals surface area contributed by atoms with Crippen LogP contribution in [-0.2, 0) is 14.8 Å². The molecule has 1 amide bonds. The molecule has 1 aliphatic rings. The lowest BCUT2D eigenvalue weighted by Crippen LogP contribution is -2.34. The van der Waals surface area contributed by atoms with Gasteiger partial charge in [-0.2, -0.15) is 0 Å². The minimum Gasteiger partial charge on any atom is -0.479 e. The quantitative estimate of drug-likeness (QED) is 0.901. The first-order valence-electron chi connectivity index (χ1n) is 6.75. The van der Waals surface area contributed by atoms with E-state index in [1.165, 1.54) is 30.3 Å². The summed E-state index contributed by atoms with van der Waals surface area (Å²) in [6.45, 7) is 1.57. The van der Waals surface area contributed by atoms with Gasteiger partial charge >= 0.3 is 0 Å². The standard InChI is InChI=1S/C15H13FN2O4S/c1-9-15(19)17-13-7-6-12(8-14(13)22-9)23(20,21)18-11-4-2-10(16)3-5-11/h2-9,18H,1H3,(H,17,19)/t9-/m1/s1. The maximum atomic E-state index is 12.9. The smallest absolute Gasteiger partial charge is 0.265 e. The minimum absolute atomic E-state index is 0.0241. The number of carbonyl (C=O) groups excluding carboxylic acids is 1.